The number of aromatic nitrogens is 3. The molecule has 3 aliphatic heterocycles. The molecule has 4 aromatic rings. The molecule has 0 N–H and O–H groups in total. The van der Waals surface area contributed by atoms with E-state index in [1.54, 1.807) is 47.6 Å². The number of rotatable bonds is 7. The molecule has 3 aromatic heterocycles. The minimum Gasteiger partial charge on any atom is -0.465 e. The van der Waals surface area contributed by atoms with Crippen molar-refractivity contribution < 1.29 is 33.0 Å². The number of amides is 2. The van der Waals surface area contributed by atoms with Gasteiger partial charge in [0.1, 0.15) is 11.5 Å². The summed E-state index contributed by atoms with van der Waals surface area (Å²) >= 11 is 0. The molecule has 0 unspecified atom stereocenters. The molecule has 2 amide bonds. The van der Waals surface area contributed by atoms with Gasteiger partial charge >= 0.3 is 11.9 Å². The number of carbonyl (C=O) groups is 4. The van der Waals surface area contributed by atoms with Crippen LogP contribution in [-0.4, -0.2) is 120 Å². The molecule has 1 aromatic carbocycles. The van der Waals surface area contributed by atoms with E-state index in [1.165, 1.54) is 32.7 Å². The van der Waals surface area contributed by atoms with Crippen LogP contribution >= 0.6 is 0 Å². The topological polar surface area (TPSA) is 142 Å². The smallest absolute Gasteiger partial charge is 0.339 e. The Morgan fingerprint density at radius 1 is 0.638 bits per heavy atom. The predicted molar refractivity (Wildman–Crippen MR) is 216 cm³/mol. The Morgan fingerprint density at radius 3 is 1.67 bits per heavy atom. The van der Waals surface area contributed by atoms with Crippen molar-refractivity contribution in [2.75, 3.05) is 74.7 Å². The quantitative estimate of drug-likeness (QED) is 0.219. The van der Waals surface area contributed by atoms with E-state index >= 15 is 4.39 Å². The number of piperazine rings is 2. The van der Waals surface area contributed by atoms with Crippen molar-refractivity contribution in [2.24, 2.45) is 0 Å². The fourth-order valence-electron chi connectivity index (χ4n) is 8.37. The normalized spacial score (nSPS) is 18.1. The van der Waals surface area contributed by atoms with E-state index in [0.29, 0.717) is 68.3 Å². The van der Waals surface area contributed by atoms with Crippen LogP contribution in [0.3, 0.4) is 0 Å². The van der Waals surface area contributed by atoms with Crippen molar-refractivity contribution >= 4 is 46.5 Å². The van der Waals surface area contributed by atoms with Crippen molar-refractivity contribution in [3.8, 4) is 0 Å². The minimum absolute atomic E-state index is 0.0208. The lowest BCUT2D eigenvalue weighted by atomic mass is 9.91. The van der Waals surface area contributed by atoms with Gasteiger partial charge in [0, 0.05) is 69.3 Å². The monoisotopic (exact) mass is 792 g/mol. The number of anilines is 4. The van der Waals surface area contributed by atoms with Gasteiger partial charge in [-0.25, -0.2) is 19.0 Å². The Balaban J connectivity index is 1.06. The fourth-order valence-corrected chi connectivity index (χ4v) is 8.37. The number of hydrogen-bond donors (Lipinski definition) is 0. The number of benzene rings is 1. The number of methoxy groups -OCH3 is 2. The second-order valence-corrected chi connectivity index (χ2v) is 16.9. The number of carbonyl (C=O) groups excluding carboxylic acids is 4. The first kappa shape index (κ1) is 40.1. The van der Waals surface area contributed by atoms with Gasteiger partial charge < -0.3 is 34.0 Å². The van der Waals surface area contributed by atoms with Crippen molar-refractivity contribution in [1.29, 1.82) is 0 Å². The van der Waals surface area contributed by atoms with E-state index in [2.05, 4.69) is 19.8 Å². The number of esters is 2. The summed E-state index contributed by atoms with van der Waals surface area (Å²) in [6, 6.07) is 11.7. The molecule has 0 aliphatic carbocycles. The summed E-state index contributed by atoms with van der Waals surface area (Å²) in [6.07, 6.45) is 6.29. The van der Waals surface area contributed by atoms with E-state index < -0.39 is 40.2 Å². The zero-order valence-corrected chi connectivity index (χ0v) is 34.2. The van der Waals surface area contributed by atoms with Gasteiger partial charge in [-0.1, -0.05) is 13.8 Å². The summed E-state index contributed by atoms with van der Waals surface area (Å²) in [7, 11) is 2.65. The third-order valence-corrected chi connectivity index (χ3v) is 11.4. The van der Waals surface area contributed by atoms with E-state index in [9.17, 15) is 19.2 Å². The SMILES string of the molecule is COC(=O)c1cncc(N2CCN(C(=O)c3ccc4c(n3)C(C)(C)CN4c3ccc(C(=O)N4CCN(c5cncc(C(=O)OC)c5)CC4(C)C)c(F)c3)C(C)(C)C2)c1. The van der Waals surface area contributed by atoms with Crippen molar-refractivity contribution in [3.05, 3.63) is 101 Å². The molecular formula is C43H49FN8O6. The first-order chi connectivity index (χ1) is 27.4. The predicted octanol–water partition coefficient (Wildman–Crippen LogP) is 5.50. The van der Waals surface area contributed by atoms with Crippen LogP contribution in [0.5, 0.6) is 0 Å². The number of halogens is 1. The van der Waals surface area contributed by atoms with E-state index in [-0.39, 0.29) is 11.5 Å². The Kier molecular flexibility index (Phi) is 10.4. The Bertz CT molecular complexity index is 2300. The maximum atomic E-state index is 16.1. The highest BCUT2D eigenvalue weighted by atomic mass is 19.1. The largest absolute Gasteiger partial charge is 0.465 e. The van der Waals surface area contributed by atoms with E-state index in [1.807, 2.05) is 57.4 Å². The molecule has 2 saturated heterocycles. The van der Waals surface area contributed by atoms with Crippen LogP contribution in [0.2, 0.25) is 0 Å². The number of hydrogen-bond acceptors (Lipinski definition) is 12. The van der Waals surface area contributed by atoms with Gasteiger partial charge in [0.05, 0.1) is 77.1 Å². The van der Waals surface area contributed by atoms with Crippen LogP contribution in [0.15, 0.2) is 67.3 Å². The van der Waals surface area contributed by atoms with Crippen molar-refractivity contribution in [3.63, 3.8) is 0 Å². The average Bonchev–Trinajstić information content (AvgIpc) is 3.48. The molecule has 304 valence electrons. The third kappa shape index (κ3) is 7.40. The lowest BCUT2D eigenvalue weighted by Gasteiger charge is -2.48. The molecule has 6 heterocycles. The van der Waals surface area contributed by atoms with Crippen LogP contribution in [0.1, 0.15) is 88.8 Å². The highest BCUT2D eigenvalue weighted by Crippen LogP contribution is 2.44. The standard InChI is InChI=1S/C43H49FN8O6/c1-41(2)24-50(29-9-10-32(33(44)19-29)37(53)51-15-13-48(25-42(51,3)4)30-17-27(20-45-22-30)39(55)57-7)35-12-11-34(47-36(35)41)38(54)52-16-14-49(26-43(52,5)6)31-18-28(21-46-23-31)40(56)58-8/h9-12,17-23H,13-16,24-26H2,1-8H3. The number of nitrogens with zero attached hydrogens (tertiary/aromatic N) is 8. The van der Waals surface area contributed by atoms with Crippen molar-refractivity contribution in [1.82, 2.24) is 24.8 Å². The molecule has 0 saturated carbocycles. The summed E-state index contributed by atoms with van der Waals surface area (Å²) in [5.74, 6) is -2.17. The molecule has 3 aliphatic rings. The molecule has 0 spiro atoms. The van der Waals surface area contributed by atoms with Gasteiger partial charge in [-0.15, -0.1) is 0 Å². The summed E-state index contributed by atoms with van der Waals surface area (Å²) in [4.78, 5) is 75.3. The van der Waals surface area contributed by atoms with Gasteiger partial charge in [-0.2, -0.15) is 0 Å². The summed E-state index contributed by atoms with van der Waals surface area (Å²) in [6.45, 7) is 15.2. The average molecular weight is 793 g/mol. The highest BCUT2D eigenvalue weighted by molar-refractivity contribution is 5.96. The Hall–Kier alpha value is -6.12. The number of pyridine rings is 3. The van der Waals surface area contributed by atoms with Gasteiger partial charge in [-0.05, 0) is 70.2 Å². The molecule has 58 heavy (non-hydrogen) atoms. The molecule has 7 rings (SSSR count). The van der Waals surface area contributed by atoms with E-state index in [0.717, 1.165) is 22.8 Å². The second-order valence-electron chi connectivity index (χ2n) is 16.9. The zero-order chi connectivity index (χ0) is 41.7. The van der Waals surface area contributed by atoms with Crippen molar-refractivity contribution in [2.45, 2.75) is 58.0 Å². The Labute approximate surface area is 337 Å². The van der Waals surface area contributed by atoms with Crippen LogP contribution in [-0.2, 0) is 14.9 Å². The van der Waals surface area contributed by atoms with E-state index in [4.69, 9.17) is 14.5 Å². The van der Waals surface area contributed by atoms with Gasteiger partial charge in [-0.3, -0.25) is 19.6 Å². The highest BCUT2D eigenvalue weighted by Gasteiger charge is 2.42. The van der Waals surface area contributed by atoms with Crippen LogP contribution in [0.4, 0.5) is 27.1 Å². The lowest BCUT2D eigenvalue weighted by molar-refractivity contribution is 0.0499. The summed E-state index contributed by atoms with van der Waals surface area (Å²) in [5.41, 5.74) is 2.86. The van der Waals surface area contributed by atoms with Crippen LogP contribution < -0.4 is 14.7 Å². The number of fused-ring (bicyclic) bond motifs is 1. The lowest BCUT2D eigenvalue weighted by Crippen LogP contribution is -2.61. The molecule has 15 heteroatoms. The Morgan fingerprint density at radius 2 is 1.17 bits per heavy atom. The molecule has 2 fully saturated rings. The molecule has 14 nitrogen and oxygen atoms in total. The maximum Gasteiger partial charge on any atom is 0.339 e. The summed E-state index contributed by atoms with van der Waals surface area (Å²) in [5, 5.41) is 0. The number of ether oxygens (including phenoxy) is 2. The zero-order valence-electron chi connectivity index (χ0n) is 34.2. The fraction of sp³-hybridized carbons (Fsp3) is 0.419. The maximum absolute atomic E-state index is 16.1. The molecule has 0 radical (unpaired) electrons. The molecule has 0 atom stereocenters. The van der Waals surface area contributed by atoms with Gasteiger partial charge in [0.2, 0.25) is 0 Å². The third-order valence-electron chi connectivity index (χ3n) is 11.4. The van der Waals surface area contributed by atoms with Crippen LogP contribution in [0, 0.1) is 5.82 Å². The molecular weight excluding hydrogens is 744 g/mol. The second kappa shape index (κ2) is 15.0. The first-order valence-electron chi connectivity index (χ1n) is 19.2. The minimum atomic E-state index is -0.668. The van der Waals surface area contributed by atoms with Crippen LogP contribution in [0.25, 0.3) is 0 Å². The molecule has 0 bridgehead atoms. The summed E-state index contributed by atoms with van der Waals surface area (Å²) < 4.78 is 25.8. The first-order valence-corrected chi connectivity index (χ1v) is 19.2. The van der Waals surface area contributed by atoms with Gasteiger partial charge in [0.15, 0.2) is 0 Å². The van der Waals surface area contributed by atoms with Gasteiger partial charge in [0.25, 0.3) is 11.8 Å².